The van der Waals surface area contributed by atoms with Gasteiger partial charge in [0.25, 0.3) is 0 Å². The molecule has 3 heteroatoms. The molecule has 1 atom stereocenters. The number of hydrogen-bond donors (Lipinski definition) is 0. The Balaban J connectivity index is 3.40. The van der Waals surface area contributed by atoms with Crippen LogP contribution in [0.25, 0.3) is 0 Å². The molecule has 0 heterocycles. The first kappa shape index (κ1) is 11.9. The zero-order valence-corrected chi connectivity index (χ0v) is 10.4. The molecule has 0 saturated carbocycles. The Morgan fingerprint density at radius 2 is 2.27 bits per heavy atom. The van der Waals surface area contributed by atoms with Crippen LogP contribution >= 0.6 is 38.5 Å². The molecule has 0 aromatic carbocycles. The van der Waals surface area contributed by atoms with Crippen molar-refractivity contribution in [2.45, 2.75) is 37.7 Å². The van der Waals surface area contributed by atoms with Crippen molar-refractivity contribution < 1.29 is 4.39 Å². The van der Waals surface area contributed by atoms with Crippen LogP contribution in [0.2, 0.25) is 0 Å². The molecule has 0 saturated heterocycles. The van der Waals surface area contributed by atoms with Crippen LogP contribution in [-0.2, 0) is 0 Å². The van der Waals surface area contributed by atoms with E-state index in [4.69, 9.17) is 0 Å². The number of hydrogen-bond acceptors (Lipinski definition) is 0. The Morgan fingerprint density at radius 1 is 1.64 bits per heavy atom. The van der Waals surface area contributed by atoms with Crippen molar-refractivity contribution in [2.24, 2.45) is 0 Å². The maximum atomic E-state index is 12.4. The monoisotopic (exact) mass is 334 g/mol. The summed E-state index contributed by atoms with van der Waals surface area (Å²) in [7, 11) is 0. The highest BCUT2D eigenvalue weighted by atomic mass is 127. The van der Waals surface area contributed by atoms with E-state index in [9.17, 15) is 4.39 Å². The average Bonchev–Trinajstić information content (AvgIpc) is 1.97. The minimum absolute atomic E-state index is 0.763. The molecular weight excluding hydrogens is 322 g/mol. The molecule has 0 aromatic heterocycles. The summed E-state index contributed by atoms with van der Waals surface area (Å²) in [6.07, 6.45) is 6.58. The predicted octanol–water partition coefficient (Wildman–Crippen LogP) is 4.58. The number of rotatable bonds is 5. The molecule has 0 fully saturated rings. The van der Waals surface area contributed by atoms with Gasteiger partial charge in [0, 0.05) is 3.58 Å². The van der Waals surface area contributed by atoms with Crippen LogP contribution < -0.4 is 0 Å². The molecule has 0 radical (unpaired) electrons. The van der Waals surface area contributed by atoms with Crippen LogP contribution in [0.15, 0.2) is 9.66 Å². The van der Waals surface area contributed by atoms with Gasteiger partial charge >= 0.3 is 0 Å². The van der Waals surface area contributed by atoms with E-state index in [0.29, 0.717) is 0 Å². The van der Waals surface area contributed by atoms with E-state index in [0.717, 1.165) is 10.0 Å². The smallest absolute Gasteiger partial charge is 0.185 e. The van der Waals surface area contributed by atoms with Crippen molar-refractivity contribution in [1.29, 1.82) is 0 Å². The van der Waals surface area contributed by atoms with E-state index >= 15 is 0 Å². The van der Waals surface area contributed by atoms with Crippen LogP contribution in [-0.4, -0.2) is 5.08 Å². The van der Waals surface area contributed by atoms with E-state index in [2.05, 4.69) is 22.9 Å². The standard InChI is InChI=1S/C8H13BrFI/c1-2-3-4-5-6-7(11)8(9)10/h6,8H,2-5H2,1H3. The molecule has 0 rings (SSSR count). The first-order valence-corrected chi connectivity index (χ1v) is 5.81. The van der Waals surface area contributed by atoms with Crippen molar-refractivity contribution in [3.63, 3.8) is 0 Å². The molecule has 0 spiro atoms. The first-order chi connectivity index (χ1) is 5.18. The van der Waals surface area contributed by atoms with E-state index in [1.165, 1.54) is 19.3 Å². The number of halogens is 3. The molecule has 11 heavy (non-hydrogen) atoms. The Hall–Kier alpha value is 0.880. The normalized spacial score (nSPS) is 15.1. The lowest BCUT2D eigenvalue weighted by molar-refractivity contribution is 0.525. The van der Waals surface area contributed by atoms with Crippen LogP contribution in [0.4, 0.5) is 4.39 Å². The average molecular weight is 335 g/mol. The van der Waals surface area contributed by atoms with Crippen molar-refractivity contribution in [3.8, 4) is 0 Å². The molecule has 0 aliphatic carbocycles. The van der Waals surface area contributed by atoms with Gasteiger partial charge in [-0.2, -0.15) is 0 Å². The summed E-state index contributed by atoms with van der Waals surface area (Å²) >= 11 is 4.89. The van der Waals surface area contributed by atoms with Gasteiger partial charge in [-0.15, -0.1) is 0 Å². The molecule has 0 N–H and O–H groups in total. The molecular formula is C8H13BrFI. The third-order valence-electron chi connectivity index (χ3n) is 1.36. The van der Waals surface area contributed by atoms with Gasteiger partial charge in [-0.1, -0.05) is 25.8 Å². The zero-order chi connectivity index (χ0) is 8.69. The van der Waals surface area contributed by atoms with Crippen LogP contribution in [0.1, 0.15) is 32.6 Å². The maximum absolute atomic E-state index is 12.4. The van der Waals surface area contributed by atoms with Gasteiger partial charge in [0.2, 0.25) is 0 Å². The quantitative estimate of drug-likeness (QED) is 0.392. The van der Waals surface area contributed by atoms with E-state index in [-0.39, 0.29) is 0 Å². The van der Waals surface area contributed by atoms with Gasteiger partial charge in [0.05, 0.1) is 0 Å². The fourth-order valence-electron chi connectivity index (χ4n) is 0.723. The van der Waals surface area contributed by atoms with Crippen molar-refractivity contribution in [1.82, 2.24) is 0 Å². The molecule has 1 unspecified atom stereocenters. The summed E-state index contributed by atoms with van der Waals surface area (Å²) in [4.78, 5) is 0. The van der Waals surface area contributed by atoms with Gasteiger partial charge in [-0.3, -0.25) is 0 Å². The zero-order valence-electron chi connectivity index (χ0n) is 6.62. The third kappa shape index (κ3) is 7.25. The minimum Gasteiger partial charge on any atom is -0.229 e. The Labute approximate surface area is 89.9 Å². The highest BCUT2D eigenvalue weighted by Gasteiger charge is 2.02. The van der Waals surface area contributed by atoms with E-state index in [1.54, 1.807) is 0 Å². The Bertz CT molecular complexity index is 123. The third-order valence-corrected chi connectivity index (χ3v) is 3.69. The van der Waals surface area contributed by atoms with Crippen LogP contribution in [0.5, 0.6) is 0 Å². The molecule has 0 nitrogen and oxygen atoms in total. The highest BCUT2D eigenvalue weighted by molar-refractivity contribution is 14.1. The lowest BCUT2D eigenvalue weighted by Gasteiger charge is -1.97. The largest absolute Gasteiger partial charge is 0.229 e. The summed E-state index contributed by atoms with van der Waals surface area (Å²) in [5.74, 6) is 0. The lowest BCUT2D eigenvalue weighted by atomic mass is 10.2. The maximum Gasteiger partial charge on any atom is 0.185 e. The lowest BCUT2D eigenvalue weighted by Crippen LogP contribution is -1.85. The van der Waals surface area contributed by atoms with Gasteiger partial charge in [0.15, 0.2) is 5.08 Å². The second-order valence-electron chi connectivity index (χ2n) is 2.39. The molecule has 0 amide bonds. The Morgan fingerprint density at radius 3 is 2.73 bits per heavy atom. The fraction of sp³-hybridized carbons (Fsp3) is 0.750. The second kappa shape index (κ2) is 7.53. The minimum atomic E-state index is -0.968. The van der Waals surface area contributed by atoms with Crippen LogP contribution in [0, 0.1) is 0 Å². The molecule has 66 valence electrons. The molecule has 0 aliphatic rings. The van der Waals surface area contributed by atoms with Gasteiger partial charge in [0.1, 0.15) is 0 Å². The number of alkyl halides is 2. The summed E-state index contributed by atoms with van der Waals surface area (Å²) < 4.78 is 13.2. The van der Waals surface area contributed by atoms with E-state index < -0.39 is 5.08 Å². The molecule has 0 bridgehead atoms. The predicted molar refractivity (Wildman–Crippen MR) is 60.1 cm³/mol. The van der Waals surface area contributed by atoms with E-state index in [1.807, 2.05) is 28.7 Å². The first-order valence-electron chi connectivity index (χ1n) is 3.82. The Kier molecular flexibility index (Phi) is 8.13. The summed E-state index contributed by atoms with van der Waals surface area (Å²) in [6.45, 7) is 2.16. The summed E-state index contributed by atoms with van der Waals surface area (Å²) in [5.41, 5.74) is 0. The molecule has 0 aliphatic heterocycles. The number of unbranched alkanes of at least 4 members (excludes halogenated alkanes) is 3. The van der Waals surface area contributed by atoms with Gasteiger partial charge in [-0.05, 0) is 51.4 Å². The van der Waals surface area contributed by atoms with Gasteiger partial charge < -0.3 is 0 Å². The van der Waals surface area contributed by atoms with Crippen molar-refractivity contribution in [2.75, 3.05) is 0 Å². The fourth-order valence-corrected chi connectivity index (χ4v) is 1.22. The summed E-state index contributed by atoms with van der Waals surface area (Å²) in [6, 6.07) is 0. The summed E-state index contributed by atoms with van der Waals surface area (Å²) in [5, 5.41) is -0.968. The SMILES string of the molecule is CCCCCC=C(I)C(F)Br. The highest BCUT2D eigenvalue weighted by Crippen LogP contribution is 2.21. The second-order valence-corrected chi connectivity index (χ2v) is 4.44. The topological polar surface area (TPSA) is 0 Å². The van der Waals surface area contributed by atoms with Crippen LogP contribution in [0.3, 0.4) is 0 Å². The van der Waals surface area contributed by atoms with Crippen molar-refractivity contribution >= 4 is 38.5 Å². The molecule has 0 aromatic rings. The van der Waals surface area contributed by atoms with Crippen molar-refractivity contribution in [3.05, 3.63) is 9.66 Å². The van der Waals surface area contributed by atoms with Gasteiger partial charge in [-0.25, -0.2) is 4.39 Å². The number of allylic oxidation sites excluding steroid dienone is 2.